The van der Waals surface area contributed by atoms with Crippen LogP contribution in [-0.2, 0) is 16.1 Å². The van der Waals surface area contributed by atoms with E-state index in [-0.39, 0.29) is 18.1 Å². The van der Waals surface area contributed by atoms with E-state index >= 15 is 0 Å². The summed E-state index contributed by atoms with van der Waals surface area (Å²) >= 11 is 0. The molecule has 152 valence electrons. The molecule has 30 heavy (non-hydrogen) atoms. The minimum atomic E-state index is -0.913. The van der Waals surface area contributed by atoms with Crippen molar-refractivity contribution < 1.29 is 23.9 Å². The molecule has 0 aromatic heterocycles. The molecule has 3 heterocycles. The van der Waals surface area contributed by atoms with Gasteiger partial charge in [0.1, 0.15) is 0 Å². The number of hydrogen-bond donors (Lipinski definition) is 0. The van der Waals surface area contributed by atoms with E-state index in [0.29, 0.717) is 24.0 Å². The molecule has 0 unspecified atom stereocenters. The Bertz CT molecular complexity index is 1180. The van der Waals surface area contributed by atoms with Gasteiger partial charge in [0.2, 0.25) is 6.79 Å². The molecule has 1 saturated heterocycles. The minimum Gasteiger partial charge on any atom is -0.454 e. The van der Waals surface area contributed by atoms with Gasteiger partial charge in [-0.3, -0.25) is 19.3 Å². The van der Waals surface area contributed by atoms with Crippen molar-refractivity contribution in [3.8, 4) is 11.5 Å². The van der Waals surface area contributed by atoms with Crippen molar-refractivity contribution in [3.63, 3.8) is 0 Å². The predicted molar refractivity (Wildman–Crippen MR) is 103 cm³/mol. The SMILES string of the molecule is O=C1N=c2ccc(C(=O)N3CCN(Cc4ccc5c(c4)OCO5)CC3)cc2=NC1=O. The van der Waals surface area contributed by atoms with Crippen LogP contribution in [0, 0.1) is 0 Å². The van der Waals surface area contributed by atoms with Crippen LogP contribution >= 0.6 is 0 Å². The molecule has 3 aliphatic heterocycles. The monoisotopic (exact) mass is 406 g/mol. The molecule has 3 aliphatic rings. The summed E-state index contributed by atoms with van der Waals surface area (Å²) in [5.41, 5.74) is 1.57. The van der Waals surface area contributed by atoms with E-state index in [9.17, 15) is 14.4 Å². The average Bonchev–Trinajstić information content (AvgIpc) is 3.22. The Labute approximate surface area is 171 Å². The summed E-state index contributed by atoms with van der Waals surface area (Å²) in [4.78, 5) is 47.1. The Hall–Kier alpha value is -3.59. The van der Waals surface area contributed by atoms with Gasteiger partial charge in [-0.15, -0.1) is 0 Å². The molecule has 0 saturated carbocycles. The molecule has 5 rings (SSSR count). The number of piperazine rings is 1. The van der Waals surface area contributed by atoms with Crippen LogP contribution in [0.1, 0.15) is 15.9 Å². The summed E-state index contributed by atoms with van der Waals surface area (Å²) in [7, 11) is 0. The lowest BCUT2D eigenvalue weighted by atomic mass is 10.1. The Morgan fingerprint density at radius 2 is 1.60 bits per heavy atom. The largest absolute Gasteiger partial charge is 0.454 e. The lowest BCUT2D eigenvalue weighted by Gasteiger charge is -2.34. The molecule has 1 fully saturated rings. The Balaban J connectivity index is 1.24. The fourth-order valence-corrected chi connectivity index (χ4v) is 3.74. The normalized spacial score (nSPS) is 17.9. The highest BCUT2D eigenvalue weighted by atomic mass is 16.7. The van der Waals surface area contributed by atoms with E-state index in [1.165, 1.54) is 6.07 Å². The first-order chi connectivity index (χ1) is 14.6. The van der Waals surface area contributed by atoms with Crippen molar-refractivity contribution in [1.82, 2.24) is 9.80 Å². The van der Waals surface area contributed by atoms with E-state index in [2.05, 4.69) is 14.9 Å². The highest BCUT2D eigenvalue weighted by molar-refractivity contribution is 6.36. The van der Waals surface area contributed by atoms with Gasteiger partial charge in [0.25, 0.3) is 5.91 Å². The molecular weight excluding hydrogens is 388 g/mol. The highest BCUT2D eigenvalue weighted by Crippen LogP contribution is 2.32. The molecule has 0 aliphatic carbocycles. The molecule has 0 bridgehead atoms. The van der Waals surface area contributed by atoms with Crippen LogP contribution in [0.15, 0.2) is 46.4 Å². The highest BCUT2D eigenvalue weighted by Gasteiger charge is 2.24. The van der Waals surface area contributed by atoms with Gasteiger partial charge in [0, 0.05) is 38.3 Å². The topological polar surface area (TPSA) is 101 Å². The van der Waals surface area contributed by atoms with E-state index in [1.54, 1.807) is 17.0 Å². The van der Waals surface area contributed by atoms with Crippen LogP contribution in [0.2, 0.25) is 0 Å². The first-order valence-electron chi connectivity index (χ1n) is 9.63. The average molecular weight is 406 g/mol. The van der Waals surface area contributed by atoms with Gasteiger partial charge in [-0.25, -0.2) is 9.98 Å². The molecular formula is C21H18N4O5. The van der Waals surface area contributed by atoms with Gasteiger partial charge < -0.3 is 14.4 Å². The summed E-state index contributed by atoms with van der Waals surface area (Å²) in [6.07, 6.45) is 0. The molecule has 0 atom stereocenters. The molecule has 0 spiro atoms. The Kier molecular flexibility index (Phi) is 4.51. The second-order valence-electron chi connectivity index (χ2n) is 7.29. The molecule has 0 radical (unpaired) electrons. The van der Waals surface area contributed by atoms with Crippen LogP contribution in [0.3, 0.4) is 0 Å². The van der Waals surface area contributed by atoms with Gasteiger partial charge in [0.05, 0.1) is 10.7 Å². The number of nitrogens with zero attached hydrogens (tertiary/aromatic N) is 4. The lowest BCUT2D eigenvalue weighted by molar-refractivity contribution is -0.135. The maximum Gasteiger partial charge on any atom is 0.338 e. The summed E-state index contributed by atoms with van der Waals surface area (Å²) in [6.45, 7) is 3.72. The number of rotatable bonds is 3. The van der Waals surface area contributed by atoms with Crippen molar-refractivity contribution in [1.29, 1.82) is 0 Å². The van der Waals surface area contributed by atoms with Crippen LogP contribution in [0.25, 0.3) is 0 Å². The van der Waals surface area contributed by atoms with Gasteiger partial charge >= 0.3 is 11.8 Å². The maximum atomic E-state index is 12.9. The van der Waals surface area contributed by atoms with Gasteiger partial charge in [-0.05, 0) is 35.9 Å². The second-order valence-corrected chi connectivity index (χ2v) is 7.29. The zero-order valence-electron chi connectivity index (χ0n) is 16.0. The third-order valence-corrected chi connectivity index (χ3v) is 5.35. The van der Waals surface area contributed by atoms with Crippen LogP contribution in [-0.4, -0.2) is 60.5 Å². The molecule has 3 amide bonds. The Morgan fingerprint density at radius 3 is 2.40 bits per heavy atom. The summed E-state index contributed by atoms with van der Waals surface area (Å²) in [5, 5.41) is 0.566. The first kappa shape index (κ1) is 18.4. The van der Waals surface area contributed by atoms with E-state index in [1.807, 2.05) is 18.2 Å². The van der Waals surface area contributed by atoms with Crippen molar-refractivity contribution in [2.45, 2.75) is 6.54 Å². The number of fused-ring (bicyclic) bond motifs is 2. The quantitative estimate of drug-likeness (QED) is 0.648. The van der Waals surface area contributed by atoms with Crippen molar-refractivity contribution in [3.05, 3.63) is 58.2 Å². The number of carbonyl (C=O) groups excluding carboxylic acids is 3. The number of carbonyl (C=O) groups is 3. The van der Waals surface area contributed by atoms with Crippen LogP contribution in [0.5, 0.6) is 11.5 Å². The summed E-state index contributed by atoms with van der Waals surface area (Å²) < 4.78 is 10.8. The third kappa shape index (κ3) is 3.43. The Morgan fingerprint density at radius 1 is 0.867 bits per heavy atom. The van der Waals surface area contributed by atoms with E-state index in [0.717, 1.165) is 36.7 Å². The molecule has 9 nitrogen and oxygen atoms in total. The van der Waals surface area contributed by atoms with Crippen LogP contribution < -0.4 is 20.2 Å². The maximum absolute atomic E-state index is 12.9. The standard InChI is InChI=1S/C21H18N4O5/c26-19-20(27)23-16-10-14(2-3-15(16)22-19)21(28)25-7-5-24(6-8-25)11-13-1-4-17-18(9-13)30-12-29-17/h1-4,9-10H,5-8,11-12H2. The second kappa shape index (κ2) is 7.34. The minimum absolute atomic E-state index is 0.125. The molecule has 0 N–H and O–H groups in total. The van der Waals surface area contributed by atoms with Crippen molar-refractivity contribution in [2.24, 2.45) is 9.98 Å². The number of ether oxygens (including phenoxy) is 2. The van der Waals surface area contributed by atoms with E-state index < -0.39 is 11.8 Å². The number of hydrogen-bond acceptors (Lipinski definition) is 6. The smallest absolute Gasteiger partial charge is 0.338 e. The van der Waals surface area contributed by atoms with Gasteiger partial charge in [0.15, 0.2) is 11.5 Å². The third-order valence-electron chi connectivity index (χ3n) is 5.35. The van der Waals surface area contributed by atoms with Gasteiger partial charge in [-0.1, -0.05) is 6.07 Å². The molecule has 2 aromatic rings. The first-order valence-corrected chi connectivity index (χ1v) is 9.63. The van der Waals surface area contributed by atoms with Crippen molar-refractivity contribution >= 4 is 17.7 Å². The zero-order chi connectivity index (χ0) is 20.7. The van der Waals surface area contributed by atoms with Crippen molar-refractivity contribution in [2.75, 3.05) is 33.0 Å². The molecule has 2 aromatic carbocycles. The fourth-order valence-electron chi connectivity index (χ4n) is 3.74. The lowest BCUT2D eigenvalue weighted by Crippen LogP contribution is -2.48. The number of benzene rings is 2. The zero-order valence-corrected chi connectivity index (χ0v) is 16.0. The molecule has 9 heteroatoms. The van der Waals surface area contributed by atoms with E-state index in [4.69, 9.17) is 9.47 Å². The van der Waals surface area contributed by atoms with Crippen LogP contribution in [0.4, 0.5) is 0 Å². The number of amides is 3. The summed E-state index contributed by atoms with van der Waals surface area (Å²) in [5.74, 6) is -0.389. The predicted octanol–water partition coefficient (Wildman–Crippen LogP) is -0.321. The fraction of sp³-hybridized carbons (Fsp3) is 0.286. The summed E-state index contributed by atoms with van der Waals surface area (Å²) in [6, 6.07) is 10.6. The van der Waals surface area contributed by atoms with Gasteiger partial charge in [-0.2, -0.15) is 0 Å².